The molecule has 1 aromatic rings. The minimum absolute atomic E-state index is 0.0431. The molecule has 0 aliphatic carbocycles. The van der Waals surface area contributed by atoms with Crippen molar-refractivity contribution in [2.24, 2.45) is 23.7 Å². The topological polar surface area (TPSA) is 104 Å². The van der Waals surface area contributed by atoms with Gasteiger partial charge in [0, 0.05) is 26.2 Å². The van der Waals surface area contributed by atoms with Crippen LogP contribution >= 0.6 is 0 Å². The zero-order valence-electron chi connectivity index (χ0n) is 20.0. The van der Waals surface area contributed by atoms with Gasteiger partial charge in [0.05, 0.1) is 6.54 Å². The Kier molecular flexibility index (Phi) is 9.65. The molecule has 0 spiro atoms. The van der Waals surface area contributed by atoms with Crippen molar-refractivity contribution in [3.8, 4) is 0 Å². The van der Waals surface area contributed by atoms with Gasteiger partial charge >= 0.3 is 5.69 Å². The van der Waals surface area contributed by atoms with Crippen molar-refractivity contribution in [3.63, 3.8) is 0 Å². The van der Waals surface area contributed by atoms with Gasteiger partial charge in [-0.25, -0.2) is 4.79 Å². The predicted molar refractivity (Wildman–Crippen MR) is 124 cm³/mol. The average molecular weight is 424 g/mol. The van der Waals surface area contributed by atoms with Crippen molar-refractivity contribution in [3.05, 3.63) is 20.8 Å². The standard InChI is InChI=1S/C22H41N5O3/c1-14(2)9-25(10-15(3)4)18(28)13-26(11-16(5)6)19-20(23)27(12-17(7)8)22(30)24-21(19)29/h14-17H,9-13,23H2,1-8H3,(H,24,29,30). The number of amides is 1. The molecule has 0 aromatic carbocycles. The molecule has 0 saturated heterocycles. The lowest BCUT2D eigenvalue weighted by Crippen LogP contribution is -2.47. The van der Waals surface area contributed by atoms with Gasteiger partial charge in [-0.3, -0.25) is 19.1 Å². The number of carbonyl (C=O) groups is 1. The molecule has 0 aliphatic rings. The Labute approximate surface area is 180 Å². The number of hydrogen-bond donors (Lipinski definition) is 2. The van der Waals surface area contributed by atoms with E-state index < -0.39 is 11.2 Å². The van der Waals surface area contributed by atoms with Gasteiger partial charge in [0.25, 0.3) is 5.56 Å². The van der Waals surface area contributed by atoms with Crippen molar-refractivity contribution in [1.29, 1.82) is 0 Å². The highest BCUT2D eigenvalue weighted by atomic mass is 16.2. The van der Waals surface area contributed by atoms with Crippen molar-refractivity contribution in [1.82, 2.24) is 14.5 Å². The second-order valence-corrected chi connectivity index (χ2v) is 9.86. The van der Waals surface area contributed by atoms with E-state index in [1.165, 1.54) is 4.57 Å². The summed E-state index contributed by atoms with van der Waals surface area (Å²) in [5, 5.41) is 0. The van der Waals surface area contributed by atoms with Crippen LogP contribution in [0.3, 0.4) is 0 Å². The molecule has 0 unspecified atom stereocenters. The third-order valence-corrected chi connectivity index (χ3v) is 4.51. The molecule has 172 valence electrons. The quantitative estimate of drug-likeness (QED) is 0.569. The van der Waals surface area contributed by atoms with E-state index in [1.54, 1.807) is 4.90 Å². The van der Waals surface area contributed by atoms with E-state index in [2.05, 4.69) is 32.7 Å². The molecule has 0 saturated carbocycles. The molecule has 8 heteroatoms. The van der Waals surface area contributed by atoms with E-state index in [-0.39, 0.29) is 35.8 Å². The molecule has 0 radical (unpaired) electrons. The highest BCUT2D eigenvalue weighted by Crippen LogP contribution is 2.19. The summed E-state index contributed by atoms with van der Waals surface area (Å²) in [5.74, 6) is 1.13. The molecule has 0 bridgehead atoms. The number of aromatic amines is 1. The molecule has 0 aliphatic heterocycles. The molecule has 0 fully saturated rings. The third kappa shape index (κ3) is 7.54. The molecule has 0 atom stereocenters. The van der Waals surface area contributed by atoms with Gasteiger partial charge < -0.3 is 15.5 Å². The zero-order chi connectivity index (χ0) is 23.2. The lowest BCUT2D eigenvalue weighted by atomic mass is 10.1. The highest BCUT2D eigenvalue weighted by Gasteiger charge is 2.25. The Morgan fingerprint density at radius 2 is 1.40 bits per heavy atom. The first-order valence-electron chi connectivity index (χ1n) is 11.0. The van der Waals surface area contributed by atoms with Crippen LogP contribution in [-0.4, -0.2) is 46.5 Å². The van der Waals surface area contributed by atoms with Crippen LogP contribution in [0.2, 0.25) is 0 Å². The maximum atomic E-state index is 13.2. The van der Waals surface area contributed by atoms with Gasteiger partial charge in [0.1, 0.15) is 11.5 Å². The summed E-state index contributed by atoms with van der Waals surface area (Å²) in [6.07, 6.45) is 0. The van der Waals surface area contributed by atoms with Crippen molar-refractivity contribution >= 4 is 17.4 Å². The van der Waals surface area contributed by atoms with E-state index in [1.807, 2.05) is 32.6 Å². The molecule has 30 heavy (non-hydrogen) atoms. The first-order valence-corrected chi connectivity index (χ1v) is 11.0. The van der Waals surface area contributed by atoms with Gasteiger partial charge in [-0.05, 0) is 23.7 Å². The predicted octanol–water partition coefficient (Wildman–Crippen LogP) is 2.38. The Morgan fingerprint density at radius 1 is 0.900 bits per heavy atom. The Morgan fingerprint density at radius 3 is 1.83 bits per heavy atom. The molecule has 1 amide bonds. The van der Waals surface area contributed by atoms with Crippen LogP contribution in [0.4, 0.5) is 11.5 Å². The summed E-state index contributed by atoms with van der Waals surface area (Å²) in [7, 11) is 0. The van der Waals surface area contributed by atoms with Crippen LogP contribution in [0, 0.1) is 23.7 Å². The van der Waals surface area contributed by atoms with Crippen LogP contribution in [0.1, 0.15) is 55.4 Å². The van der Waals surface area contributed by atoms with Crippen LogP contribution in [0.25, 0.3) is 0 Å². The summed E-state index contributed by atoms with van der Waals surface area (Å²) in [6, 6.07) is 0. The van der Waals surface area contributed by atoms with Crippen LogP contribution in [0.15, 0.2) is 9.59 Å². The van der Waals surface area contributed by atoms with E-state index >= 15 is 0 Å². The van der Waals surface area contributed by atoms with Gasteiger partial charge in [-0.2, -0.15) is 0 Å². The van der Waals surface area contributed by atoms with E-state index in [4.69, 9.17) is 5.73 Å². The number of nitrogens with one attached hydrogen (secondary N) is 1. The normalized spacial score (nSPS) is 11.7. The Bertz CT molecular complexity index is 798. The van der Waals surface area contributed by atoms with Crippen molar-refractivity contribution < 1.29 is 4.79 Å². The number of anilines is 2. The minimum atomic E-state index is -0.551. The van der Waals surface area contributed by atoms with Crippen LogP contribution in [0.5, 0.6) is 0 Å². The molecule has 1 aromatic heterocycles. The van der Waals surface area contributed by atoms with E-state index in [9.17, 15) is 14.4 Å². The fourth-order valence-corrected chi connectivity index (χ4v) is 3.53. The number of carbonyl (C=O) groups excluding carboxylic acids is 1. The van der Waals surface area contributed by atoms with Gasteiger partial charge in [-0.15, -0.1) is 0 Å². The van der Waals surface area contributed by atoms with Gasteiger partial charge in [-0.1, -0.05) is 55.4 Å². The molecule has 8 nitrogen and oxygen atoms in total. The Balaban J connectivity index is 3.38. The molecular formula is C22H41N5O3. The lowest BCUT2D eigenvalue weighted by molar-refractivity contribution is -0.130. The maximum Gasteiger partial charge on any atom is 0.330 e. The minimum Gasteiger partial charge on any atom is -0.383 e. The molecule has 1 heterocycles. The lowest BCUT2D eigenvalue weighted by Gasteiger charge is -2.32. The zero-order valence-corrected chi connectivity index (χ0v) is 20.0. The molecule has 1 rings (SSSR count). The number of H-pyrrole nitrogens is 1. The fourth-order valence-electron chi connectivity index (χ4n) is 3.53. The number of nitrogens with zero attached hydrogens (tertiary/aromatic N) is 3. The van der Waals surface area contributed by atoms with Crippen molar-refractivity contribution in [2.45, 2.75) is 61.9 Å². The first-order chi connectivity index (χ1) is 13.8. The van der Waals surface area contributed by atoms with Crippen LogP contribution < -0.4 is 21.9 Å². The monoisotopic (exact) mass is 423 g/mol. The summed E-state index contributed by atoms with van der Waals surface area (Å²) < 4.78 is 1.39. The number of rotatable bonds is 11. The van der Waals surface area contributed by atoms with Gasteiger partial charge in [0.15, 0.2) is 0 Å². The van der Waals surface area contributed by atoms with Crippen molar-refractivity contribution in [2.75, 3.05) is 36.8 Å². The largest absolute Gasteiger partial charge is 0.383 e. The Hall–Kier alpha value is -2.25. The first kappa shape index (κ1) is 25.8. The average Bonchev–Trinajstić information content (AvgIpc) is 2.56. The van der Waals surface area contributed by atoms with Gasteiger partial charge in [0.2, 0.25) is 5.91 Å². The number of hydrogen-bond acceptors (Lipinski definition) is 5. The summed E-state index contributed by atoms with van der Waals surface area (Å²) in [6.45, 7) is 18.5. The highest BCUT2D eigenvalue weighted by molar-refractivity contribution is 5.82. The van der Waals surface area contributed by atoms with Crippen LogP contribution in [-0.2, 0) is 11.3 Å². The second-order valence-electron chi connectivity index (χ2n) is 9.86. The number of nitrogens with two attached hydrogens (primary N) is 1. The molecular weight excluding hydrogens is 382 g/mol. The van der Waals surface area contributed by atoms with E-state index in [0.29, 0.717) is 38.0 Å². The number of nitrogen functional groups attached to an aromatic ring is 1. The number of aromatic nitrogens is 2. The summed E-state index contributed by atoms with van der Waals surface area (Å²) in [4.78, 5) is 44.2. The molecule has 3 N–H and O–H groups in total. The second kappa shape index (κ2) is 11.2. The summed E-state index contributed by atoms with van der Waals surface area (Å²) >= 11 is 0. The fraction of sp³-hybridized carbons (Fsp3) is 0.773. The maximum absolute atomic E-state index is 13.2. The van der Waals surface area contributed by atoms with E-state index in [0.717, 1.165) is 0 Å². The third-order valence-electron chi connectivity index (χ3n) is 4.51. The smallest absolute Gasteiger partial charge is 0.330 e. The summed E-state index contributed by atoms with van der Waals surface area (Å²) in [5.41, 5.74) is 5.43. The SMILES string of the molecule is CC(C)CN(CC(C)C)C(=O)CN(CC(C)C)c1c(N)n(CC(C)C)c(=O)[nH]c1=O.